The van der Waals surface area contributed by atoms with Crippen molar-refractivity contribution in [2.24, 2.45) is 0 Å². The Morgan fingerprint density at radius 3 is 2.63 bits per heavy atom. The molecule has 3 aromatic heterocycles. The van der Waals surface area contributed by atoms with Gasteiger partial charge in [0.2, 0.25) is 11.8 Å². The van der Waals surface area contributed by atoms with Crippen LogP contribution in [0.2, 0.25) is 0 Å². The van der Waals surface area contributed by atoms with E-state index in [-0.39, 0.29) is 41.6 Å². The van der Waals surface area contributed by atoms with Crippen LogP contribution in [0.4, 0.5) is 4.39 Å². The monoisotopic (exact) mass is 637 g/mol. The molecular formula is C33H40FN5O7. The Bertz CT molecular complexity index is 1720. The van der Waals surface area contributed by atoms with Gasteiger partial charge >= 0.3 is 5.97 Å². The second-order valence-electron chi connectivity index (χ2n) is 12.2. The van der Waals surface area contributed by atoms with Crippen molar-refractivity contribution in [2.45, 2.75) is 83.3 Å². The lowest BCUT2D eigenvalue weighted by molar-refractivity contribution is -0.145. The standard InChI is InChI=1S/C33H40FN5O7/c1-21-24(14-18-37-16-12-22(13-17-37)31-25-9-8-23(34)20-27(25)45-36-31)33(43)38-15-5-6-26(32(38)35-21)44-19-4-2-3-7-30(42)46-39-28(40)10-11-29(39)41/h8-11,20,22,26,40-41H,2-7,12-19H2,1H3. The second kappa shape index (κ2) is 14.0. The summed E-state index contributed by atoms with van der Waals surface area (Å²) in [5.41, 5.74) is 2.91. The van der Waals surface area contributed by atoms with E-state index in [0.717, 1.165) is 80.5 Å². The highest BCUT2D eigenvalue weighted by molar-refractivity contribution is 5.79. The van der Waals surface area contributed by atoms with Crippen molar-refractivity contribution in [3.05, 3.63) is 69.3 Å². The third-order valence-electron chi connectivity index (χ3n) is 9.08. The number of aromatic hydroxyl groups is 2. The van der Waals surface area contributed by atoms with Gasteiger partial charge < -0.3 is 29.2 Å². The third-order valence-corrected chi connectivity index (χ3v) is 9.08. The fourth-order valence-corrected chi connectivity index (χ4v) is 6.53. The van der Waals surface area contributed by atoms with Crippen molar-refractivity contribution in [1.82, 2.24) is 24.3 Å². The highest BCUT2D eigenvalue weighted by Gasteiger charge is 2.28. The first-order valence-electron chi connectivity index (χ1n) is 16.1. The summed E-state index contributed by atoms with van der Waals surface area (Å²) in [4.78, 5) is 37.8. The normalized spacial score (nSPS) is 17.4. The molecule has 4 aromatic rings. The summed E-state index contributed by atoms with van der Waals surface area (Å²) in [6.45, 7) is 5.55. The number of unbranched alkanes of at least 4 members (excludes halogenated alkanes) is 2. The van der Waals surface area contributed by atoms with Crippen LogP contribution in [0, 0.1) is 12.7 Å². The summed E-state index contributed by atoms with van der Waals surface area (Å²) in [7, 11) is 0. The lowest BCUT2D eigenvalue weighted by atomic mass is 9.91. The van der Waals surface area contributed by atoms with E-state index in [2.05, 4.69) is 10.1 Å². The van der Waals surface area contributed by atoms with E-state index in [4.69, 9.17) is 19.1 Å². The lowest BCUT2D eigenvalue weighted by Gasteiger charge is -2.31. The molecule has 2 aliphatic rings. The Kier molecular flexibility index (Phi) is 9.69. The summed E-state index contributed by atoms with van der Waals surface area (Å²) < 4.78 is 27.6. The summed E-state index contributed by atoms with van der Waals surface area (Å²) in [6, 6.07) is 7.03. The van der Waals surface area contributed by atoms with Crippen LogP contribution >= 0.6 is 0 Å². The Morgan fingerprint density at radius 1 is 1.07 bits per heavy atom. The van der Waals surface area contributed by atoms with Crippen LogP contribution in [-0.4, -0.2) is 66.8 Å². The number of halogens is 1. The van der Waals surface area contributed by atoms with Crippen LogP contribution in [0.3, 0.4) is 0 Å². The minimum Gasteiger partial charge on any atom is -0.492 e. The van der Waals surface area contributed by atoms with Crippen LogP contribution in [0.1, 0.15) is 86.2 Å². The van der Waals surface area contributed by atoms with Crippen molar-refractivity contribution in [1.29, 1.82) is 0 Å². The highest BCUT2D eigenvalue weighted by atomic mass is 19.1. The molecule has 1 fully saturated rings. The average molecular weight is 638 g/mol. The molecule has 1 unspecified atom stereocenters. The van der Waals surface area contributed by atoms with Gasteiger partial charge in [-0.1, -0.05) is 11.6 Å². The van der Waals surface area contributed by atoms with Crippen LogP contribution in [0.15, 0.2) is 39.6 Å². The number of benzene rings is 1. The Labute approximate surface area is 265 Å². The minimum atomic E-state index is -0.553. The van der Waals surface area contributed by atoms with Gasteiger partial charge in [-0.2, -0.15) is 0 Å². The second-order valence-corrected chi connectivity index (χ2v) is 12.2. The molecule has 1 saturated heterocycles. The van der Waals surface area contributed by atoms with Gasteiger partial charge in [0.05, 0.1) is 5.69 Å². The molecule has 0 aliphatic carbocycles. The fraction of sp³-hybridized carbons (Fsp3) is 0.515. The molecule has 2 aliphatic heterocycles. The van der Waals surface area contributed by atoms with E-state index in [1.807, 2.05) is 6.92 Å². The number of ether oxygens (including phenoxy) is 1. The fourth-order valence-electron chi connectivity index (χ4n) is 6.53. The molecule has 0 amide bonds. The van der Waals surface area contributed by atoms with E-state index in [1.54, 1.807) is 10.6 Å². The van der Waals surface area contributed by atoms with Gasteiger partial charge in [-0.3, -0.25) is 9.36 Å². The number of rotatable bonds is 12. The Hall–Kier alpha value is -4.23. The van der Waals surface area contributed by atoms with Gasteiger partial charge in [-0.05, 0) is 77.1 Å². The molecule has 0 saturated carbocycles. The topological polar surface area (TPSA) is 145 Å². The number of carbonyl (C=O) groups is 1. The molecule has 1 aromatic carbocycles. The molecule has 0 bridgehead atoms. The van der Waals surface area contributed by atoms with E-state index in [0.29, 0.717) is 42.1 Å². The van der Waals surface area contributed by atoms with Gasteiger partial charge in [-0.15, -0.1) is 4.73 Å². The zero-order valence-corrected chi connectivity index (χ0v) is 26.0. The molecule has 12 nitrogen and oxygen atoms in total. The lowest BCUT2D eigenvalue weighted by Crippen LogP contribution is -2.38. The summed E-state index contributed by atoms with van der Waals surface area (Å²) in [5, 5.41) is 24.3. The zero-order valence-electron chi connectivity index (χ0n) is 26.0. The van der Waals surface area contributed by atoms with E-state index in [1.165, 1.54) is 24.3 Å². The SMILES string of the molecule is Cc1nc2n(c(=O)c1CCN1CCC(c3noc4cc(F)ccc34)CC1)CCCC2OCCCCCC(=O)On1c(O)ccc1O. The van der Waals surface area contributed by atoms with Crippen molar-refractivity contribution in [3.63, 3.8) is 0 Å². The molecule has 246 valence electrons. The number of carbonyl (C=O) groups excluding carboxylic acids is 1. The summed E-state index contributed by atoms with van der Waals surface area (Å²) in [5.74, 6) is -0.638. The first-order valence-corrected chi connectivity index (χ1v) is 16.1. The van der Waals surface area contributed by atoms with E-state index >= 15 is 0 Å². The zero-order chi connectivity index (χ0) is 32.2. The van der Waals surface area contributed by atoms with Crippen molar-refractivity contribution >= 4 is 16.9 Å². The molecule has 0 radical (unpaired) electrons. The number of likely N-dealkylation sites (tertiary alicyclic amines) is 1. The molecule has 5 heterocycles. The molecule has 46 heavy (non-hydrogen) atoms. The van der Waals surface area contributed by atoms with Crippen LogP contribution in [0.25, 0.3) is 11.0 Å². The predicted octanol–water partition coefficient (Wildman–Crippen LogP) is 4.53. The Balaban J connectivity index is 0.961. The van der Waals surface area contributed by atoms with Gasteiger partial charge in [0.25, 0.3) is 5.56 Å². The number of aromatic nitrogens is 4. The van der Waals surface area contributed by atoms with Crippen molar-refractivity contribution in [2.75, 3.05) is 26.2 Å². The molecule has 13 heteroatoms. The first-order chi connectivity index (χ1) is 22.3. The number of piperidine rings is 1. The molecule has 0 spiro atoms. The van der Waals surface area contributed by atoms with E-state index < -0.39 is 5.97 Å². The summed E-state index contributed by atoms with van der Waals surface area (Å²) in [6.07, 6.45) is 6.04. The molecule has 6 rings (SSSR count). The quantitative estimate of drug-likeness (QED) is 0.213. The minimum absolute atomic E-state index is 0.0188. The number of hydrogen-bond acceptors (Lipinski definition) is 10. The van der Waals surface area contributed by atoms with Gasteiger partial charge in [0.1, 0.15) is 17.7 Å². The number of aryl methyl sites for hydroxylation is 1. The largest absolute Gasteiger partial charge is 0.492 e. The maximum atomic E-state index is 13.6. The molecule has 2 N–H and O–H groups in total. The smallest absolute Gasteiger partial charge is 0.333 e. The van der Waals surface area contributed by atoms with Crippen molar-refractivity contribution in [3.8, 4) is 11.8 Å². The van der Waals surface area contributed by atoms with Gasteiger partial charge in [0.15, 0.2) is 5.58 Å². The highest BCUT2D eigenvalue weighted by Crippen LogP contribution is 2.33. The van der Waals surface area contributed by atoms with Crippen LogP contribution < -0.4 is 10.4 Å². The van der Waals surface area contributed by atoms with Gasteiger partial charge in [0, 0.05) is 66.9 Å². The number of hydrogen-bond donors (Lipinski definition) is 2. The molecule has 1 atom stereocenters. The predicted molar refractivity (Wildman–Crippen MR) is 165 cm³/mol. The number of nitrogens with zero attached hydrogens (tertiary/aromatic N) is 5. The van der Waals surface area contributed by atoms with Crippen LogP contribution in [-0.2, 0) is 22.5 Å². The van der Waals surface area contributed by atoms with Gasteiger partial charge in [-0.25, -0.2) is 14.2 Å². The third kappa shape index (κ3) is 6.95. The molecular weight excluding hydrogens is 597 g/mol. The van der Waals surface area contributed by atoms with Crippen molar-refractivity contribution < 1.29 is 33.5 Å². The maximum absolute atomic E-state index is 13.6. The first kappa shape index (κ1) is 31.7. The van der Waals surface area contributed by atoms with Crippen LogP contribution in [0.5, 0.6) is 11.8 Å². The maximum Gasteiger partial charge on any atom is 0.333 e. The van der Waals surface area contributed by atoms with E-state index in [9.17, 15) is 24.2 Å². The summed E-state index contributed by atoms with van der Waals surface area (Å²) >= 11 is 0. The Morgan fingerprint density at radius 2 is 1.85 bits per heavy atom. The average Bonchev–Trinajstić information content (AvgIpc) is 3.61. The number of fused-ring (bicyclic) bond motifs is 2.